The molecule has 1 aliphatic heterocycles. The Hall–Kier alpha value is -0.810. The van der Waals surface area contributed by atoms with Gasteiger partial charge in [0.25, 0.3) is 0 Å². The van der Waals surface area contributed by atoms with E-state index in [-0.39, 0.29) is 0 Å². The minimum Gasteiger partial charge on any atom is -0.313 e. The van der Waals surface area contributed by atoms with Crippen LogP contribution in [0.15, 0.2) is 17.2 Å². The van der Waals surface area contributed by atoms with Crippen LogP contribution in [-0.2, 0) is 10.8 Å². The van der Waals surface area contributed by atoms with Gasteiger partial charge in [0, 0.05) is 11.8 Å². The summed E-state index contributed by atoms with van der Waals surface area (Å²) in [6.45, 7) is 2.92. The lowest BCUT2D eigenvalue weighted by Crippen LogP contribution is -2.38. The molecule has 1 saturated heterocycles. The van der Waals surface area contributed by atoms with E-state index >= 15 is 0 Å². The Bertz CT molecular complexity index is 360. The number of nitrogens with one attached hydrogen (secondary N) is 1. The Morgan fingerprint density at radius 3 is 2.94 bits per heavy atom. The maximum absolute atomic E-state index is 12.0. The van der Waals surface area contributed by atoms with Crippen molar-refractivity contribution in [3.63, 3.8) is 0 Å². The first-order chi connectivity index (χ1) is 7.75. The van der Waals surface area contributed by atoms with Crippen LogP contribution in [0.5, 0.6) is 0 Å². The quantitative estimate of drug-likeness (QED) is 0.856. The number of aryl methyl sites for hydroxylation is 1. The number of hydrogen-bond acceptors (Lipinski definition) is 4. The zero-order valence-corrected chi connectivity index (χ0v) is 10.3. The zero-order valence-electron chi connectivity index (χ0n) is 9.48. The number of nitrogens with zero attached hydrogens (tertiary/aromatic N) is 2. The molecule has 2 heterocycles. The molecule has 1 aromatic heterocycles. The van der Waals surface area contributed by atoms with Gasteiger partial charge in [0.2, 0.25) is 0 Å². The number of rotatable bonds is 3. The lowest BCUT2D eigenvalue weighted by Gasteiger charge is -2.22. The van der Waals surface area contributed by atoms with Crippen LogP contribution in [0.25, 0.3) is 0 Å². The fraction of sp³-hybridized carbons (Fsp3) is 0.636. The smallest absolute Gasteiger partial charge is 0.149 e. The highest BCUT2D eigenvalue weighted by Crippen LogP contribution is 2.11. The summed E-state index contributed by atoms with van der Waals surface area (Å²) in [5.41, 5.74) is 0.858. The van der Waals surface area contributed by atoms with Gasteiger partial charge in [0.1, 0.15) is 5.03 Å². The minimum atomic E-state index is -1.03. The van der Waals surface area contributed by atoms with E-state index in [9.17, 15) is 4.21 Å². The molecule has 2 rings (SSSR count). The second-order valence-electron chi connectivity index (χ2n) is 4.17. The summed E-state index contributed by atoms with van der Waals surface area (Å²) in [5.74, 6) is 0.651. The van der Waals surface area contributed by atoms with Crippen LogP contribution in [0.3, 0.4) is 0 Å². The van der Waals surface area contributed by atoms with Gasteiger partial charge in [-0.1, -0.05) is 6.42 Å². The highest BCUT2D eigenvalue weighted by molar-refractivity contribution is 7.85. The molecule has 16 heavy (non-hydrogen) atoms. The van der Waals surface area contributed by atoms with Gasteiger partial charge in [-0.3, -0.25) is 4.21 Å². The molecule has 88 valence electrons. The molecule has 0 aliphatic carbocycles. The van der Waals surface area contributed by atoms with E-state index in [1.54, 1.807) is 6.07 Å². The molecule has 1 aliphatic rings. The van der Waals surface area contributed by atoms with Gasteiger partial charge in [-0.2, -0.15) is 5.10 Å². The van der Waals surface area contributed by atoms with Gasteiger partial charge in [-0.15, -0.1) is 5.10 Å². The van der Waals surface area contributed by atoms with Crippen LogP contribution in [0.1, 0.15) is 25.0 Å². The number of aromatic nitrogens is 2. The van der Waals surface area contributed by atoms with Crippen molar-refractivity contribution in [1.29, 1.82) is 0 Å². The Morgan fingerprint density at radius 2 is 2.31 bits per heavy atom. The molecule has 1 N–H and O–H groups in total. The van der Waals surface area contributed by atoms with E-state index in [0.29, 0.717) is 16.8 Å². The van der Waals surface area contributed by atoms with Gasteiger partial charge in [-0.05, 0) is 38.4 Å². The van der Waals surface area contributed by atoms with Gasteiger partial charge < -0.3 is 5.32 Å². The molecule has 0 bridgehead atoms. The van der Waals surface area contributed by atoms with Crippen LogP contribution in [0.2, 0.25) is 0 Å². The molecule has 1 fully saturated rings. The van der Waals surface area contributed by atoms with Crippen molar-refractivity contribution >= 4 is 10.8 Å². The van der Waals surface area contributed by atoms with Crippen LogP contribution >= 0.6 is 0 Å². The van der Waals surface area contributed by atoms with Gasteiger partial charge >= 0.3 is 0 Å². The largest absolute Gasteiger partial charge is 0.313 e. The fourth-order valence-corrected chi connectivity index (χ4v) is 3.01. The third-order valence-electron chi connectivity index (χ3n) is 2.77. The minimum absolute atomic E-state index is 0.373. The summed E-state index contributed by atoms with van der Waals surface area (Å²) in [7, 11) is -1.03. The molecule has 0 aromatic carbocycles. The summed E-state index contributed by atoms with van der Waals surface area (Å²) in [6, 6.07) is 4.04. The Morgan fingerprint density at radius 1 is 1.44 bits per heavy atom. The molecule has 0 unspecified atom stereocenters. The Kier molecular flexibility index (Phi) is 4.01. The third-order valence-corrected chi connectivity index (χ3v) is 4.16. The van der Waals surface area contributed by atoms with Gasteiger partial charge in [0.05, 0.1) is 16.5 Å². The molecule has 1 aromatic rings. The molecule has 4 nitrogen and oxygen atoms in total. The second-order valence-corrected chi connectivity index (χ2v) is 5.61. The molecule has 2 atom stereocenters. The van der Waals surface area contributed by atoms with Crippen molar-refractivity contribution in [3.05, 3.63) is 17.8 Å². The van der Waals surface area contributed by atoms with E-state index in [1.807, 2.05) is 13.0 Å². The van der Waals surface area contributed by atoms with Crippen molar-refractivity contribution < 1.29 is 4.21 Å². The van der Waals surface area contributed by atoms with E-state index < -0.39 is 10.8 Å². The second kappa shape index (κ2) is 5.50. The third kappa shape index (κ3) is 3.09. The Labute approximate surface area is 98.3 Å². The first kappa shape index (κ1) is 11.7. The lowest BCUT2D eigenvalue weighted by molar-refractivity contribution is 0.427. The first-order valence-corrected chi connectivity index (χ1v) is 7.00. The number of hydrogen-bond donors (Lipinski definition) is 1. The SMILES string of the molecule is Cc1ccc([S@](=O)C[C@@H]2CCCCN2)nn1. The van der Waals surface area contributed by atoms with Crippen molar-refractivity contribution in [2.24, 2.45) is 0 Å². The molecule has 5 heteroatoms. The van der Waals surface area contributed by atoms with E-state index in [2.05, 4.69) is 15.5 Å². The Balaban J connectivity index is 1.94. The fourth-order valence-electron chi connectivity index (χ4n) is 1.84. The van der Waals surface area contributed by atoms with E-state index in [1.165, 1.54) is 12.8 Å². The van der Waals surface area contributed by atoms with Crippen LogP contribution in [0, 0.1) is 6.92 Å². The molecule has 0 radical (unpaired) electrons. The summed E-state index contributed by atoms with van der Waals surface area (Å²) < 4.78 is 12.0. The van der Waals surface area contributed by atoms with Crippen molar-refractivity contribution in [1.82, 2.24) is 15.5 Å². The molecule has 0 saturated carbocycles. The maximum Gasteiger partial charge on any atom is 0.149 e. The average molecular weight is 239 g/mol. The maximum atomic E-state index is 12.0. The van der Waals surface area contributed by atoms with Crippen molar-refractivity contribution in [2.75, 3.05) is 12.3 Å². The summed E-state index contributed by atoms with van der Waals surface area (Å²) in [6.07, 6.45) is 3.58. The topological polar surface area (TPSA) is 54.9 Å². The lowest BCUT2D eigenvalue weighted by atomic mass is 10.1. The van der Waals surface area contributed by atoms with E-state index in [4.69, 9.17) is 0 Å². The summed E-state index contributed by atoms with van der Waals surface area (Å²) in [5, 5.41) is 11.9. The van der Waals surface area contributed by atoms with E-state index in [0.717, 1.165) is 18.7 Å². The average Bonchev–Trinajstić information content (AvgIpc) is 2.31. The van der Waals surface area contributed by atoms with Crippen molar-refractivity contribution in [3.8, 4) is 0 Å². The zero-order chi connectivity index (χ0) is 11.4. The summed E-state index contributed by atoms with van der Waals surface area (Å²) in [4.78, 5) is 0. The highest BCUT2D eigenvalue weighted by Gasteiger charge is 2.17. The van der Waals surface area contributed by atoms with Crippen molar-refractivity contribution in [2.45, 2.75) is 37.3 Å². The predicted molar refractivity (Wildman–Crippen MR) is 63.7 cm³/mol. The summed E-state index contributed by atoms with van der Waals surface area (Å²) >= 11 is 0. The molecule has 0 amide bonds. The monoisotopic (exact) mass is 239 g/mol. The number of piperidine rings is 1. The standard InChI is InChI=1S/C11H17N3OS/c1-9-5-6-11(14-13-9)16(15)8-10-4-2-3-7-12-10/h5-6,10,12H,2-4,7-8H2,1H3/t10-,16+/m0/s1. The normalized spacial score (nSPS) is 22.9. The van der Waals surface area contributed by atoms with Gasteiger partial charge in [0.15, 0.2) is 0 Å². The first-order valence-electron chi connectivity index (χ1n) is 5.68. The van der Waals surface area contributed by atoms with Crippen LogP contribution in [0.4, 0.5) is 0 Å². The molecule has 0 spiro atoms. The van der Waals surface area contributed by atoms with Crippen LogP contribution in [-0.4, -0.2) is 32.7 Å². The van der Waals surface area contributed by atoms with Gasteiger partial charge in [-0.25, -0.2) is 0 Å². The molecular formula is C11H17N3OS. The predicted octanol–water partition coefficient (Wildman–Crippen LogP) is 1.03. The van der Waals surface area contributed by atoms with Crippen LogP contribution < -0.4 is 5.32 Å². The molecular weight excluding hydrogens is 222 g/mol. The highest BCUT2D eigenvalue weighted by atomic mass is 32.2.